The van der Waals surface area contributed by atoms with Crippen molar-refractivity contribution in [2.75, 3.05) is 7.05 Å². The number of nitrogens with zero attached hydrogens (tertiary/aromatic N) is 1. The van der Waals surface area contributed by atoms with E-state index in [1.165, 1.54) is 12.8 Å². The fourth-order valence-corrected chi connectivity index (χ4v) is 2.46. The Kier molecular flexibility index (Phi) is 2.35. The molecule has 2 unspecified atom stereocenters. The third-order valence-electron chi connectivity index (χ3n) is 3.10. The molecule has 60 valence electrons. The molecule has 1 nitrogen and oxygen atoms in total. The molecule has 2 atom stereocenters. The van der Waals surface area contributed by atoms with Gasteiger partial charge in [-0.15, -0.1) is 0 Å². The van der Waals surface area contributed by atoms with Gasteiger partial charge < -0.3 is 0 Å². The molecule has 0 aromatic heterocycles. The van der Waals surface area contributed by atoms with Crippen LogP contribution in [0.2, 0.25) is 0 Å². The monoisotopic (exact) mass is 141 g/mol. The summed E-state index contributed by atoms with van der Waals surface area (Å²) in [4.78, 5) is 2.52. The van der Waals surface area contributed by atoms with E-state index >= 15 is 0 Å². The van der Waals surface area contributed by atoms with Gasteiger partial charge in [-0.25, -0.2) is 0 Å². The highest BCUT2D eigenvalue weighted by atomic mass is 15.2. The molecule has 1 heteroatoms. The molecule has 0 N–H and O–H groups in total. The van der Waals surface area contributed by atoms with Crippen LogP contribution in [0.1, 0.15) is 33.6 Å². The van der Waals surface area contributed by atoms with Crippen LogP contribution >= 0.6 is 0 Å². The average Bonchev–Trinajstić information content (AvgIpc) is 1.90. The minimum atomic E-state index is 0.866. The lowest BCUT2D eigenvalue weighted by atomic mass is 9.79. The quantitative estimate of drug-likeness (QED) is 0.569. The van der Waals surface area contributed by atoms with Crippen LogP contribution in [-0.2, 0) is 0 Å². The van der Waals surface area contributed by atoms with Crippen molar-refractivity contribution in [1.29, 1.82) is 0 Å². The largest absolute Gasteiger partial charge is 0.300 e. The molecule has 0 aliphatic carbocycles. The van der Waals surface area contributed by atoms with Gasteiger partial charge >= 0.3 is 0 Å². The zero-order chi connectivity index (χ0) is 7.72. The van der Waals surface area contributed by atoms with Crippen LogP contribution in [0.4, 0.5) is 0 Å². The molecule has 0 aromatic carbocycles. The minimum Gasteiger partial charge on any atom is -0.300 e. The molecule has 1 aliphatic heterocycles. The number of hydrogen-bond acceptors (Lipinski definition) is 1. The van der Waals surface area contributed by atoms with Crippen molar-refractivity contribution >= 4 is 0 Å². The van der Waals surface area contributed by atoms with Crippen LogP contribution in [0.5, 0.6) is 0 Å². The van der Waals surface area contributed by atoms with Crippen molar-refractivity contribution in [3.8, 4) is 0 Å². The van der Waals surface area contributed by atoms with Gasteiger partial charge in [0.1, 0.15) is 0 Å². The maximum absolute atomic E-state index is 2.52. The summed E-state index contributed by atoms with van der Waals surface area (Å²) in [6.07, 6.45) is 2.63. The van der Waals surface area contributed by atoms with Crippen LogP contribution in [-0.4, -0.2) is 24.0 Å². The lowest BCUT2D eigenvalue weighted by Gasteiger charge is -2.52. The van der Waals surface area contributed by atoms with Crippen LogP contribution in [0.15, 0.2) is 0 Å². The topological polar surface area (TPSA) is 3.24 Å². The van der Waals surface area contributed by atoms with Gasteiger partial charge in [0.05, 0.1) is 0 Å². The molecular formula is C9H19N. The molecule has 0 bridgehead atoms. The molecule has 0 amide bonds. The Hall–Kier alpha value is -0.0400. The van der Waals surface area contributed by atoms with Crippen LogP contribution in [0.25, 0.3) is 0 Å². The summed E-state index contributed by atoms with van der Waals surface area (Å²) < 4.78 is 0. The molecule has 10 heavy (non-hydrogen) atoms. The third-order valence-corrected chi connectivity index (χ3v) is 3.10. The molecule has 0 saturated carbocycles. The van der Waals surface area contributed by atoms with Crippen LogP contribution in [0.3, 0.4) is 0 Å². The first-order chi connectivity index (χ1) is 4.72. The Bertz CT molecular complexity index is 89.3. The summed E-state index contributed by atoms with van der Waals surface area (Å²) in [7, 11) is 2.25. The van der Waals surface area contributed by atoms with Gasteiger partial charge in [-0.1, -0.05) is 20.8 Å². The highest BCUT2D eigenvalue weighted by molar-refractivity contribution is 4.94. The van der Waals surface area contributed by atoms with Crippen molar-refractivity contribution in [2.45, 2.75) is 45.7 Å². The van der Waals surface area contributed by atoms with Gasteiger partial charge in [0.25, 0.3) is 0 Å². The predicted molar refractivity (Wildman–Crippen MR) is 45.1 cm³/mol. The van der Waals surface area contributed by atoms with Crippen molar-refractivity contribution in [3.63, 3.8) is 0 Å². The van der Waals surface area contributed by atoms with Crippen LogP contribution < -0.4 is 0 Å². The summed E-state index contributed by atoms with van der Waals surface area (Å²) in [5.41, 5.74) is 0. The molecule has 1 fully saturated rings. The van der Waals surface area contributed by atoms with E-state index in [0.29, 0.717) is 0 Å². The second-order valence-corrected chi connectivity index (χ2v) is 3.48. The van der Waals surface area contributed by atoms with E-state index in [2.05, 4.69) is 32.7 Å². The van der Waals surface area contributed by atoms with Crippen molar-refractivity contribution < 1.29 is 0 Å². The summed E-state index contributed by atoms with van der Waals surface area (Å²) in [5.74, 6) is 0.931. The Balaban J connectivity index is 2.42. The number of rotatable bonds is 2. The second-order valence-electron chi connectivity index (χ2n) is 3.48. The van der Waals surface area contributed by atoms with E-state index < -0.39 is 0 Å². The lowest BCUT2D eigenvalue weighted by molar-refractivity contribution is -0.0281. The maximum atomic E-state index is 2.52. The first-order valence-electron chi connectivity index (χ1n) is 4.44. The molecule has 1 saturated heterocycles. The maximum Gasteiger partial charge on any atom is 0.0133 e. The summed E-state index contributed by atoms with van der Waals surface area (Å²) in [6.45, 7) is 6.94. The minimum absolute atomic E-state index is 0.866. The van der Waals surface area contributed by atoms with E-state index in [1.807, 2.05) is 0 Å². The standard InChI is InChI=1S/C9H19N/c1-5-8-7(3)9(6-2)10(8)4/h7-9H,5-6H2,1-4H3. The lowest BCUT2D eigenvalue weighted by Crippen LogP contribution is -2.60. The van der Waals surface area contributed by atoms with E-state index in [9.17, 15) is 0 Å². The van der Waals surface area contributed by atoms with Crippen molar-refractivity contribution in [2.24, 2.45) is 5.92 Å². The van der Waals surface area contributed by atoms with Gasteiger partial charge in [-0.3, -0.25) is 4.90 Å². The summed E-state index contributed by atoms with van der Waals surface area (Å²) in [6, 6.07) is 1.73. The fourth-order valence-electron chi connectivity index (χ4n) is 2.46. The normalized spacial score (nSPS) is 41.4. The first kappa shape index (κ1) is 8.06. The van der Waals surface area contributed by atoms with Crippen molar-refractivity contribution in [3.05, 3.63) is 0 Å². The van der Waals surface area contributed by atoms with E-state index in [0.717, 1.165) is 18.0 Å². The Labute approximate surface area is 64.4 Å². The first-order valence-corrected chi connectivity index (χ1v) is 4.44. The predicted octanol–water partition coefficient (Wildman–Crippen LogP) is 2.13. The third kappa shape index (κ3) is 0.968. The van der Waals surface area contributed by atoms with Gasteiger partial charge in [-0.05, 0) is 25.8 Å². The zero-order valence-electron chi connectivity index (χ0n) is 7.59. The van der Waals surface area contributed by atoms with Crippen LogP contribution in [0, 0.1) is 5.92 Å². The smallest absolute Gasteiger partial charge is 0.0133 e. The fraction of sp³-hybridized carbons (Fsp3) is 1.00. The van der Waals surface area contributed by atoms with E-state index in [4.69, 9.17) is 0 Å². The molecule has 0 spiro atoms. The molecule has 0 radical (unpaired) electrons. The number of hydrogen-bond donors (Lipinski definition) is 0. The second kappa shape index (κ2) is 2.91. The van der Waals surface area contributed by atoms with Crippen molar-refractivity contribution in [1.82, 2.24) is 4.90 Å². The zero-order valence-corrected chi connectivity index (χ0v) is 7.59. The molecule has 1 aliphatic rings. The van der Waals surface area contributed by atoms with Gasteiger partial charge in [0.2, 0.25) is 0 Å². The number of likely N-dealkylation sites (tertiary alicyclic amines) is 1. The molecule has 0 aromatic rings. The average molecular weight is 141 g/mol. The van der Waals surface area contributed by atoms with E-state index in [-0.39, 0.29) is 0 Å². The summed E-state index contributed by atoms with van der Waals surface area (Å²) >= 11 is 0. The molecule has 1 rings (SSSR count). The van der Waals surface area contributed by atoms with Gasteiger partial charge in [0.15, 0.2) is 0 Å². The van der Waals surface area contributed by atoms with Gasteiger partial charge in [0, 0.05) is 12.1 Å². The Morgan fingerprint density at radius 1 is 1.10 bits per heavy atom. The summed E-state index contributed by atoms with van der Waals surface area (Å²) in [5, 5.41) is 0. The Morgan fingerprint density at radius 3 is 1.70 bits per heavy atom. The van der Waals surface area contributed by atoms with E-state index in [1.54, 1.807) is 0 Å². The highest BCUT2D eigenvalue weighted by Crippen LogP contribution is 2.33. The highest BCUT2D eigenvalue weighted by Gasteiger charge is 2.39. The van der Waals surface area contributed by atoms with Gasteiger partial charge in [-0.2, -0.15) is 0 Å². The molecular weight excluding hydrogens is 122 g/mol. The molecule has 1 heterocycles. The Morgan fingerprint density at radius 2 is 1.50 bits per heavy atom. The SMILES string of the molecule is CCC1C(C)C(CC)N1C.